The highest BCUT2D eigenvalue weighted by Crippen LogP contribution is 2.24. The van der Waals surface area contributed by atoms with Crippen molar-refractivity contribution in [2.75, 3.05) is 0 Å². The number of aromatic amines is 1. The molecule has 110 valence electrons. The fraction of sp³-hybridized carbons (Fsp3) is 0. The van der Waals surface area contributed by atoms with Crippen LogP contribution in [0.2, 0.25) is 5.02 Å². The maximum atomic E-state index is 12.1. The lowest BCUT2D eigenvalue weighted by molar-refractivity contribution is 1.14. The van der Waals surface area contributed by atoms with Crippen molar-refractivity contribution in [1.29, 1.82) is 0 Å². The Morgan fingerprint density at radius 2 is 2.00 bits per heavy atom. The number of hydrogen-bond acceptors (Lipinski definition) is 2. The Kier molecular flexibility index (Phi) is 4.34. The number of benzene rings is 2. The minimum absolute atomic E-state index is 0.277. The van der Waals surface area contributed by atoms with Crippen LogP contribution in [0.25, 0.3) is 22.0 Å². The van der Waals surface area contributed by atoms with Crippen LogP contribution in [-0.2, 0) is 0 Å². The van der Waals surface area contributed by atoms with Crippen LogP contribution < -0.4 is 5.56 Å². The molecule has 0 saturated carbocycles. The number of nitrogens with one attached hydrogen (secondary N) is 1. The highest BCUT2D eigenvalue weighted by Gasteiger charge is 2.08. The maximum Gasteiger partial charge on any atom is 0.259 e. The van der Waals surface area contributed by atoms with Crippen molar-refractivity contribution in [1.82, 2.24) is 9.97 Å². The summed E-state index contributed by atoms with van der Waals surface area (Å²) in [6.45, 7) is 0. The van der Waals surface area contributed by atoms with E-state index in [1.165, 1.54) is 0 Å². The number of hydrogen-bond donors (Lipinski definition) is 1. The monoisotopic (exact) mass is 394 g/mol. The van der Waals surface area contributed by atoms with Gasteiger partial charge in [0.2, 0.25) is 0 Å². The first-order valence-corrected chi connectivity index (χ1v) is 7.91. The van der Waals surface area contributed by atoms with E-state index in [4.69, 9.17) is 23.2 Å². The fourth-order valence-corrected chi connectivity index (χ4v) is 2.80. The zero-order valence-electron chi connectivity index (χ0n) is 11.1. The van der Waals surface area contributed by atoms with Crippen molar-refractivity contribution in [3.05, 3.63) is 73.7 Å². The molecule has 6 heteroatoms. The van der Waals surface area contributed by atoms with Gasteiger partial charge in [-0.05, 0) is 35.9 Å². The highest BCUT2D eigenvalue weighted by atomic mass is 79.9. The smallest absolute Gasteiger partial charge is 0.259 e. The van der Waals surface area contributed by atoms with Gasteiger partial charge in [0.25, 0.3) is 5.56 Å². The van der Waals surface area contributed by atoms with E-state index >= 15 is 0 Å². The lowest BCUT2D eigenvalue weighted by Crippen LogP contribution is -2.10. The lowest BCUT2D eigenvalue weighted by Gasteiger charge is -2.03. The van der Waals surface area contributed by atoms with Crippen LogP contribution in [0.3, 0.4) is 0 Å². The van der Waals surface area contributed by atoms with Gasteiger partial charge < -0.3 is 4.98 Å². The first-order chi connectivity index (χ1) is 10.5. The number of aromatic nitrogens is 2. The second-order valence-electron chi connectivity index (χ2n) is 4.59. The van der Waals surface area contributed by atoms with E-state index in [2.05, 4.69) is 25.9 Å². The second kappa shape index (κ2) is 6.24. The Bertz CT molecular complexity index is 950. The normalized spacial score (nSPS) is 11.9. The maximum absolute atomic E-state index is 12.1. The average molecular weight is 396 g/mol. The van der Waals surface area contributed by atoms with E-state index in [0.717, 1.165) is 10.0 Å². The molecule has 0 saturated heterocycles. The molecule has 1 N–H and O–H groups in total. The zero-order valence-corrected chi connectivity index (χ0v) is 14.2. The SMILES string of the molecule is O=c1[nH]c(/C(Cl)=C/c2ccccc2Br)nc2ccc(Cl)cc12. The second-order valence-corrected chi connectivity index (χ2v) is 6.29. The van der Waals surface area contributed by atoms with Gasteiger partial charge in [0.05, 0.1) is 15.9 Å². The third kappa shape index (κ3) is 3.09. The standard InChI is InChI=1S/C16H9BrCl2N2O/c17-12-4-2-1-3-9(12)7-13(19)15-20-14-6-5-10(18)8-11(14)16(22)21-15/h1-8H,(H,20,21,22)/b13-7-. The van der Waals surface area contributed by atoms with Crippen molar-refractivity contribution >= 4 is 61.1 Å². The minimum Gasteiger partial charge on any atom is -0.305 e. The summed E-state index contributed by atoms with van der Waals surface area (Å²) in [5, 5.41) is 1.27. The van der Waals surface area contributed by atoms with E-state index in [-0.39, 0.29) is 5.56 Å². The van der Waals surface area contributed by atoms with Gasteiger partial charge in [-0.3, -0.25) is 4.79 Å². The van der Waals surface area contributed by atoms with Crippen LogP contribution >= 0.6 is 39.1 Å². The Hall–Kier alpha value is -1.62. The summed E-state index contributed by atoms with van der Waals surface area (Å²) in [7, 11) is 0. The average Bonchev–Trinajstić information content (AvgIpc) is 2.50. The van der Waals surface area contributed by atoms with E-state index < -0.39 is 0 Å². The van der Waals surface area contributed by atoms with Crippen LogP contribution in [0.15, 0.2) is 51.7 Å². The molecule has 2 aromatic carbocycles. The van der Waals surface area contributed by atoms with E-state index in [0.29, 0.717) is 26.8 Å². The van der Waals surface area contributed by atoms with Crippen LogP contribution in [0.4, 0.5) is 0 Å². The zero-order chi connectivity index (χ0) is 15.7. The first-order valence-electron chi connectivity index (χ1n) is 6.36. The lowest BCUT2D eigenvalue weighted by atomic mass is 10.2. The summed E-state index contributed by atoms with van der Waals surface area (Å²) in [5.41, 5.74) is 1.16. The molecule has 1 aromatic heterocycles. The molecule has 0 unspecified atom stereocenters. The third-order valence-electron chi connectivity index (χ3n) is 3.08. The predicted octanol–water partition coefficient (Wildman–Crippen LogP) is 5.08. The van der Waals surface area contributed by atoms with Crippen molar-refractivity contribution in [3.63, 3.8) is 0 Å². The molecule has 3 aromatic rings. The molecule has 3 rings (SSSR count). The molecule has 22 heavy (non-hydrogen) atoms. The first kappa shape index (κ1) is 15.3. The number of halogens is 3. The quantitative estimate of drug-likeness (QED) is 0.657. The van der Waals surface area contributed by atoms with Crippen molar-refractivity contribution in [2.45, 2.75) is 0 Å². The molecule has 0 aliphatic heterocycles. The van der Waals surface area contributed by atoms with Crippen molar-refractivity contribution < 1.29 is 0 Å². The van der Waals surface area contributed by atoms with E-state index in [1.807, 2.05) is 24.3 Å². The van der Waals surface area contributed by atoms with Crippen LogP contribution in [-0.4, -0.2) is 9.97 Å². The van der Waals surface area contributed by atoms with E-state index in [9.17, 15) is 4.79 Å². The fourth-order valence-electron chi connectivity index (χ4n) is 2.02. The number of fused-ring (bicyclic) bond motifs is 1. The summed E-state index contributed by atoms with van der Waals surface area (Å²) in [4.78, 5) is 19.2. The van der Waals surface area contributed by atoms with Crippen molar-refractivity contribution in [2.24, 2.45) is 0 Å². The van der Waals surface area contributed by atoms with Crippen LogP contribution in [0.5, 0.6) is 0 Å². The molecule has 0 bridgehead atoms. The van der Waals surface area contributed by atoms with Gasteiger partial charge in [-0.15, -0.1) is 0 Å². The molecule has 0 aliphatic rings. The van der Waals surface area contributed by atoms with Crippen molar-refractivity contribution in [3.8, 4) is 0 Å². The Morgan fingerprint density at radius 1 is 1.23 bits per heavy atom. The van der Waals surface area contributed by atoms with Gasteiger partial charge >= 0.3 is 0 Å². The minimum atomic E-state index is -0.277. The molecule has 3 nitrogen and oxygen atoms in total. The van der Waals surface area contributed by atoms with Gasteiger partial charge in [-0.1, -0.05) is 57.3 Å². The molecule has 0 atom stereocenters. The largest absolute Gasteiger partial charge is 0.305 e. The molecular formula is C16H9BrCl2N2O. The molecule has 1 heterocycles. The number of H-pyrrole nitrogens is 1. The molecule has 0 fully saturated rings. The molecule has 0 aliphatic carbocycles. The van der Waals surface area contributed by atoms with Gasteiger partial charge in [0, 0.05) is 9.50 Å². The Balaban J connectivity index is 2.12. The number of rotatable bonds is 2. The predicted molar refractivity (Wildman–Crippen MR) is 95.2 cm³/mol. The van der Waals surface area contributed by atoms with Crippen LogP contribution in [0.1, 0.15) is 11.4 Å². The van der Waals surface area contributed by atoms with Gasteiger partial charge in [0.1, 0.15) is 0 Å². The molecule has 0 radical (unpaired) electrons. The Morgan fingerprint density at radius 3 is 2.77 bits per heavy atom. The molecular weight excluding hydrogens is 387 g/mol. The highest BCUT2D eigenvalue weighted by molar-refractivity contribution is 9.10. The van der Waals surface area contributed by atoms with E-state index in [1.54, 1.807) is 24.3 Å². The topological polar surface area (TPSA) is 45.8 Å². The summed E-state index contributed by atoms with van der Waals surface area (Å²) in [6, 6.07) is 12.6. The van der Waals surface area contributed by atoms with Crippen LogP contribution in [0, 0.1) is 0 Å². The van der Waals surface area contributed by atoms with Gasteiger partial charge in [-0.2, -0.15) is 0 Å². The van der Waals surface area contributed by atoms with Gasteiger partial charge in [-0.25, -0.2) is 4.98 Å². The third-order valence-corrected chi connectivity index (χ3v) is 4.33. The summed E-state index contributed by atoms with van der Waals surface area (Å²) in [5.74, 6) is 0.317. The van der Waals surface area contributed by atoms with Gasteiger partial charge in [0.15, 0.2) is 5.82 Å². The summed E-state index contributed by atoms with van der Waals surface area (Å²) < 4.78 is 0.906. The Labute approximate surface area is 144 Å². The molecule has 0 spiro atoms. The number of nitrogens with zero attached hydrogens (tertiary/aromatic N) is 1. The summed E-state index contributed by atoms with van der Waals surface area (Å²) in [6.07, 6.45) is 1.74. The molecule has 0 amide bonds. The summed E-state index contributed by atoms with van der Waals surface area (Å²) >= 11 is 15.6.